The molecule has 0 radical (unpaired) electrons. The van der Waals surface area contributed by atoms with Crippen molar-refractivity contribution < 1.29 is 9.32 Å². The number of aromatic nitrogens is 4. The molecule has 0 spiro atoms. The number of benzene rings is 1. The molecule has 0 aliphatic carbocycles. The van der Waals surface area contributed by atoms with Gasteiger partial charge in [0.2, 0.25) is 11.7 Å². The highest BCUT2D eigenvalue weighted by Crippen LogP contribution is 2.22. The number of fused-ring (bicyclic) bond motifs is 1. The Hall–Kier alpha value is -3.48. The van der Waals surface area contributed by atoms with Gasteiger partial charge in [-0.25, -0.2) is 0 Å². The lowest BCUT2D eigenvalue weighted by Crippen LogP contribution is -2.22. The fourth-order valence-corrected chi connectivity index (χ4v) is 2.81. The van der Waals surface area contributed by atoms with Crippen molar-refractivity contribution in [1.29, 1.82) is 0 Å². The molecule has 0 aliphatic heterocycles. The molecule has 0 bridgehead atoms. The highest BCUT2D eigenvalue weighted by molar-refractivity contribution is 5.98. The smallest absolute Gasteiger partial charge is 0.251 e. The summed E-state index contributed by atoms with van der Waals surface area (Å²) in [5.74, 6) is 0.630. The van der Waals surface area contributed by atoms with Crippen LogP contribution in [0.2, 0.25) is 0 Å². The van der Waals surface area contributed by atoms with Gasteiger partial charge < -0.3 is 14.8 Å². The Balaban J connectivity index is 1.47. The van der Waals surface area contributed by atoms with Crippen LogP contribution in [0.15, 0.2) is 47.2 Å². The molecule has 0 saturated heterocycles. The van der Waals surface area contributed by atoms with E-state index in [1.807, 2.05) is 26.0 Å². The predicted molar refractivity (Wildman–Crippen MR) is 96.5 cm³/mol. The summed E-state index contributed by atoms with van der Waals surface area (Å²) in [6.45, 7) is 4.22. The van der Waals surface area contributed by atoms with Crippen LogP contribution in [-0.2, 0) is 6.54 Å². The number of amides is 1. The summed E-state index contributed by atoms with van der Waals surface area (Å²) in [4.78, 5) is 24.0. The molecule has 0 fully saturated rings. The van der Waals surface area contributed by atoms with E-state index >= 15 is 0 Å². The Morgan fingerprint density at radius 2 is 2.00 bits per heavy atom. The van der Waals surface area contributed by atoms with Gasteiger partial charge >= 0.3 is 0 Å². The van der Waals surface area contributed by atoms with Crippen molar-refractivity contribution >= 4 is 16.8 Å². The molecule has 3 aromatic heterocycles. The van der Waals surface area contributed by atoms with Crippen LogP contribution in [-0.4, -0.2) is 26.0 Å². The van der Waals surface area contributed by atoms with Crippen molar-refractivity contribution in [2.45, 2.75) is 20.4 Å². The molecular formula is C19H17N5O2. The molecule has 2 N–H and O–H groups in total. The van der Waals surface area contributed by atoms with Gasteiger partial charge in [0.15, 0.2) is 0 Å². The number of carbonyl (C=O) groups excluding carboxylic acids is 1. The number of carbonyl (C=O) groups is 1. The minimum Gasteiger partial charge on any atom is -0.358 e. The van der Waals surface area contributed by atoms with E-state index in [0.29, 0.717) is 17.3 Å². The average molecular weight is 347 g/mol. The number of rotatable bonds is 4. The first-order valence-corrected chi connectivity index (χ1v) is 8.22. The molecule has 0 atom stereocenters. The first-order chi connectivity index (χ1) is 12.6. The summed E-state index contributed by atoms with van der Waals surface area (Å²) in [5.41, 5.74) is 4.68. The molecule has 0 aliphatic rings. The van der Waals surface area contributed by atoms with Gasteiger partial charge in [0.25, 0.3) is 5.91 Å². The number of aryl methyl sites for hydroxylation is 2. The molecule has 3 heterocycles. The maximum Gasteiger partial charge on any atom is 0.251 e. The Kier molecular flexibility index (Phi) is 3.96. The van der Waals surface area contributed by atoms with E-state index in [-0.39, 0.29) is 12.5 Å². The van der Waals surface area contributed by atoms with E-state index in [0.717, 1.165) is 27.7 Å². The molecular weight excluding hydrogens is 330 g/mol. The Bertz CT molecular complexity index is 1080. The molecule has 1 aromatic carbocycles. The number of pyridine rings is 1. The van der Waals surface area contributed by atoms with Crippen LogP contribution in [0.25, 0.3) is 22.3 Å². The Morgan fingerprint density at radius 3 is 2.81 bits per heavy atom. The van der Waals surface area contributed by atoms with Crippen molar-refractivity contribution in [2.24, 2.45) is 0 Å². The summed E-state index contributed by atoms with van der Waals surface area (Å²) in [6.07, 6.45) is 3.32. The minimum absolute atomic E-state index is 0.167. The Morgan fingerprint density at radius 1 is 1.19 bits per heavy atom. The van der Waals surface area contributed by atoms with Crippen LogP contribution in [0.1, 0.15) is 27.5 Å². The second-order valence-electron chi connectivity index (χ2n) is 6.07. The fourth-order valence-electron chi connectivity index (χ4n) is 2.81. The number of hydrogen-bond acceptors (Lipinski definition) is 5. The summed E-state index contributed by atoms with van der Waals surface area (Å²) < 4.78 is 5.20. The maximum atomic E-state index is 12.4. The summed E-state index contributed by atoms with van der Waals surface area (Å²) in [5, 5.41) is 7.79. The molecule has 4 rings (SSSR count). The van der Waals surface area contributed by atoms with Gasteiger partial charge in [-0.3, -0.25) is 9.78 Å². The molecule has 7 nitrogen and oxygen atoms in total. The van der Waals surface area contributed by atoms with E-state index in [1.165, 1.54) is 0 Å². The van der Waals surface area contributed by atoms with E-state index in [2.05, 4.69) is 25.4 Å². The van der Waals surface area contributed by atoms with Crippen LogP contribution in [0.5, 0.6) is 0 Å². The third kappa shape index (κ3) is 2.95. The SMILES string of the molecule is Cc1[nH]c2ccc(C(=O)NCc3nc(-c4ccncc4)no3)cc2c1C. The van der Waals surface area contributed by atoms with Crippen molar-refractivity contribution in [3.05, 3.63) is 65.4 Å². The van der Waals surface area contributed by atoms with Gasteiger partial charge in [0.1, 0.15) is 0 Å². The first-order valence-electron chi connectivity index (χ1n) is 8.22. The van der Waals surface area contributed by atoms with Crippen LogP contribution in [0.4, 0.5) is 0 Å². The fraction of sp³-hybridized carbons (Fsp3) is 0.158. The third-order valence-electron chi connectivity index (χ3n) is 4.38. The lowest BCUT2D eigenvalue weighted by Gasteiger charge is -2.03. The molecule has 26 heavy (non-hydrogen) atoms. The molecule has 1 amide bonds. The largest absolute Gasteiger partial charge is 0.358 e. The van der Waals surface area contributed by atoms with Crippen LogP contribution < -0.4 is 5.32 Å². The zero-order chi connectivity index (χ0) is 18.1. The number of nitrogens with one attached hydrogen (secondary N) is 2. The molecule has 4 aromatic rings. The van der Waals surface area contributed by atoms with Gasteiger partial charge in [0.05, 0.1) is 6.54 Å². The topological polar surface area (TPSA) is 96.7 Å². The quantitative estimate of drug-likeness (QED) is 0.591. The van der Waals surface area contributed by atoms with Crippen molar-refractivity contribution in [3.63, 3.8) is 0 Å². The van der Waals surface area contributed by atoms with E-state index < -0.39 is 0 Å². The normalized spacial score (nSPS) is 11.0. The maximum absolute atomic E-state index is 12.4. The Labute approximate surface area is 149 Å². The number of hydrogen-bond donors (Lipinski definition) is 2. The lowest BCUT2D eigenvalue weighted by molar-refractivity contribution is 0.0946. The number of nitrogens with zero attached hydrogens (tertiary/aromatic N) is 3. The van der Waals surface area contributed by atoms with Gasteiger partial charge in [0, 0.05) is 40.1 Å². The van der Waals surface area contributed by atoms with E-state index in [4.69, 9.17) is 4.52 Å². The van der Waals surface area contributed by atoms with Gasteiger partial charge in [-0.2, -0.15) is 4.98 Å². The van der Waals surface area contributed by atoms with E-state index in [1.54, 1.807) is 30.6 Å². The second-order valence-corrected chi connectivity index (χ2v) is 6.07. The highest BCUT2D eigenvalue weighted by Gasteiger charge is 2.12. The zero-order valence-electron chi connectivity index (χ0n) is 14.4. The van der Waals surface area contributed by atoms with Gasteiger partial charge in [-0.05, 0) is 49.7 Å². The second kappa shape index (κ2) is 6.44. The van der Waals surface area contributed by atoms with Gasteiger partial charge in [-0.15, -0.1) is 0 Å². The summed E-state index contributed by atoms with van der Waals surface area (Å²) >= 11 is 0. The monoisotopic (exact) mass is 347 g/mol. The zero-order valence-corrected chi connectivity index (χ0v) is 14.4. The van der Waals surface area contributed by atoms with Gasteiger partial charge in [-0.1, -0.05) is 5.16 Å². The van der Waals surface area contributed by atoms with Crippen LogP contribution >= 0.6 is 0 Å². The summed E-state index contributed by atoms with van der Waals surface area (Å²) in [6, 6.07) is 9.19. The molecule has 0 unspecified atom stereocenters. The molecule has 7 heteroatoms. The average Bonchev–Trinajstić information content (AvgIpc) is 3.25. The number of H-pyrrole nitrogens is 1. The van der Waals surface area contributed by atoms with Crippen molar-refractivity contribution in [1.82, 2.24) is 25.4 Å². The van der Waals surface area contributed by atoms with Crippen molar-refractivity contribution in [3.8, 4) is 11.4 Å². The van der Waals surface area contributed by atoms with Crippen LogP contribution in [0, 0.1) is 13.8 Å². The lowest BCUT2D eigenvalue weighted by atomic mass is 10.1. The highest BCUT2D eigenvalue weighted by atomic mass is 16.5. The molecule has 130 valence electrons. The first kappa shape index (κ1) is 16.0. The predicted octanol–water partition coefficient (Wildman–Crippen LogP) is 3.16. The van der Waals surface area contributed by atoms with Crippen molar-refractivity contribution in [2.75, 3.05) is 0 Å². The minimum atomic E-state index is -0.186. The number of aromatic amines is 1. The van der Waals surface area contributed by atoms with Crippen LogP contribution in [0.3, 0.4) is 0 Å². The summed E-state index contributed by atoms with van der Waals surface area (Å²) in [7, 11) is 0. The third-order valence-corrected chi connectivity index (χ3v) is 4.38. The standard InChI is InChI=1S/C19H17N5O2/c1-11-12(2)22-16-4-3-14(9-15(11)16)19(25)21-10-17-23-18(24-26-17)13-5-7-20-8-6-13/h3-9,22H,10H2,1-2H3,(H,21,25). The molecule has 0 saturated carbocycles. The van der Waals surface area contributed by atoms with E-state index in [9.17, 15) is 4.79 Å².